The smallest absolute Gasteiger partial charge is 0.306 e. The quantitative estimate of drug-likeness (QED) is 0.685. The molecule has 1 aromatic rings. The van der Waals surface area contributed by atoms with Crippen molar-refractivity contribution in [3.63, 3.8) is 0 Å². The number of hydrogen-bond acceptors (Lipinski definition) is 3. The lowest BCUT2D eigenvalue weighted by Crippen LogP contribution is -2.05. The van der Waals surface area contributed by atoms with Gasteiger partial charge >= 0.3 is 5.97 Å². The minimum atomic E-state index is -0.226. The molecule has 1 aromatic carbocycles. The van der Waals surface area contributed by atoms with Gasteiger partial charge in [-0.3, -0.25) is 4.79 Å². The number of ether oxygens (including phenoxy) is 1. The van der Waals surface area contributed by atoms with Gasteiger partial charge in [0.2, 0.25) is 0 Å². The molecule has 0 radical (unpaired) electrons. The first kappa shape index (κ1) is 12.3. The molecule has 0 aliphatic heterocycles. The van der Waals surface area contributed by atoms with Crippen LogP contribution >= 0.6 is 22.6 Å². The fraction of sp³-hybridized carbons (Fsp3) is 0.364. The summed E-state index contributed by atoms with van der Waals surface area (Å²) in [5.41, 5.74) is 0.781. The number of aryl methyl sites for hydroxylation is 1. The van der Waals surface area contributed by atoms with Crippen molar-refractivity contribution in [2.75, 3.05) is 6.61 Å². The van der Waals surface area contributed by atoms with E-state index in [0.717, 1.165) is 9.13 Å². The molecule has 0 unspecified atom stereocenters. The van der Waals surface area contributed by atoms with Gasteiger partial charge in [-0.25, -0.2) is 0 Å². The summed E-state index contributed by atoms with van der Waals surface area (Å²) in [6.45, 7) is 2.18. The molecule has 0 fully saturated rings. The Morgan fingerprint density at radius 1 is 1.53 bits per heavy atom. The summed E-state index contributed by atoms with van der Waals surface area (Å²) in [5.74, 6) is 0.0154. The first-order valence-corrected chi connectivity index (χ1v) is 5.84. The lowest BCUT2D eigenvalue weighted by molar-refractivity contribution is -0.143. The number of halogens is 1. The second kappa shape index (κ2) is 5.95. The molecule has 0 aromatic heterocycles. The number of phenols is 1. The Morgan fingerprint density at radius 2 is 2.27 bits per heavy atom. The average Bonchev–Trinajstić information content (AvgIpc) is 2.17. The van der Waals surface area contributed by atoms with Crippen molar-refractivity contribution in [3.8, 4) is 5.75 Å². The maximum atomic E-state index is 11.1. The zero-order chi connectivity index (χ0) is 11.3. The highest BCUT2D eigenvalue weighted by molar-refractivity contribution is 14.1. The maximum absolute atomic E-state index is 11.1. The molecule has 0 atom stereocenters. The van der Waals surface area contributed by atoms with Crippen LogP contribution in [0.4, 0.5) is 0 Å². The second-order valence-corrected chi connectivity index (χ2v) is 4.32. The van der Waals surface area contributed by atoms with Crippen molar-refractivity contribution in [3.05, 3.63) is 27.3 Å². The van der Waals surface area contributed by atoms with E-state index in [-0.39, 0.29) is 11.7 Å². The third-order valence-electron chi connectivity index (χ3n) is 1.95. The molecule has 0 aliphatic rings. The number of phenolic OH excluding ortho intramolecular Hbond substituents is 1. The molecule has 0 spiro atoms. The Kier molecular flexibility index (Phi) is 4.87. The summed E-state index contributed by atoms with van der Waals surface area (Å²) in [4.78, 5) is 11.1. The summed E-state index contributed by atoms with van der Waals surface area (Å²) in [6.07, 6.45) is 0.823. The molecule has 4 heteroatoms. The SMILES string of the molecule is CCOC(=O)CCc1ccc(I)cc1O. The minimum Gasteiger partial charge on any atom is -0.508 e. The van der Waals surface area contributed by atoms with E-state index in [1.54, 1.807) is 13.0 Å². The van der Waals surface area contributed by atoms with Crippen molar-refractivity contribution in [1.29, 1.82) is 0 Å². The van der Waals surface area contributed by atoms with Crippen LogP contribution in [0, 0.1) is 3.57 Å². The van der Waals surface area contributed by atoms with E-state index in [0.29, 0.717) is 19.4 Å². The van der Waals surface area contributed by atoms with Crippen LogP contribution in [0.2, 0.25) is 0 Å². The number of carbonyl (C=O) groups excluding carboxylic acids is 1. The molecular weight excluding hydrogens is 307 g/mol. The van der Waals surface area contributed by atoms with Crippen LogP contribution in [0.3, 0.4) is 0 Å². The van der Waals surface area contributed by atoms with E-state index in [2.05, 4.69) is 22.6 Å². The topological polar surface area (TPSA) is 46.5 Å². The molecule has 0 saturated carbocycles. The van der Waals surface area contributed by atoms with Crippen molar-refractivity contribution in [1.82, 2.24) is 0 Å². The first-order valence-electron chi connectivity index (χ1n) is 4.76. The van der Waals surface area contributed by atoms with Gasteiger partial charge in [-0.05, 0) is 53.6 Å². The van der Waals surface area contributed by atoms with E-state index in [9.17, 15) is 9.90 Å². The molecule has 3 nitrogen and oxygen atoms in total. The van der Waals surface area contributed by atoms with Crippen molar-refractivity contribution >= 4 is 28.6 Å². The fourth-order valence-electron chi connectivity index (χ4n) is 1.22. The van der Waals surface area contributed by atoms with Gasteiger partial charge in [0.05, 0.1) is 6.61 Å². The van der Waals surface area contributed by atoms with E-state index in [4.69, 9.17) is 4.74 Å². The minimum absolute atomic E-state index is 0.226. The van der Waals surface area contributed by atoms with Gasteiger partial charge in [0, 0.05) is 9.99 Å². The van der Waals surface area contributed by atoms with E-state index < -0.39 is 0 Å². The molecule has 0 amide bonds. The van der Waals surface area contributed by atoms with E-state index in [1.165, 1.54) is 0 Å². The van der Waals surface area contributed by atoms with E-state index in [1.807, 2.05) is 12.1 Å². The predicted molar refractivity (Wildman–Crippen MR) is 65.8 cm³/mol. The lowest BCUT2D eigenvalue weighted by Gasteiger charge is -2.04. The number of benzene rings is 1. The summed E-state index contributed by atoms with van der Waals surface area (Å²) < 4.78 is 5.78. The van der Waals surface area contributed by atoms with Crippen LogP contribution in [0.5, 0.6) is 5.75 Å². The molecule has 1 N–H and O–H groups in total. The Labute approximate surface area is 103 Å². The highest BCUT2D eigenvalue weighted by Gasteiger charge is 2.06. The first-order chi connectivity index (χ1) is 7.13. The van der Waals surface area contributed by atoms with Crippen LogP contribution in [0.1, 0.15) is 18.9 Å². The molecule has 15 heavy (non-hydrogen) atoms. The van der Waals surface area contributed by atoms with Crippen LogP contribution < -0.4 is 0 Å². The van der Waals surface area contributed by atoms with Crippen molar-refractivity contribution in [2.24, 2.45) is 0 Å². The number of rotatable bonds is 4. The van der Waals surface area contributed by atoms with Gasteiger partial charge in [-0.1, -0.05) is 6.07 Å². The molecule has 0 saturated heterocycles. The lowest BCUT2D eigenvalue weighted by atomic mass is 10.1. The normalized spacial score (nSPS) is 10.0. The number of esters is 1. The monoisotopic (exact) mass is 320 g/mol. The zero-order valence-corrected chi connectivity index (χ0v) is 10.7. The zero-order valence-electron chi connectivity index (χ0n) is 8.50. The predicted octanol–water partition coefficient (Wildman–Crippen LogP) is 2.49. The van der Waals surface area contributed by atoms with Gasteiger partial charge in [0.1, 0.15) is 5.75 Å². The Balaban J connectivity index is 2.54. The number of hydrogen-bond donors (Lipinski definition) is 1. The Morgan fingerprint density at radius 3 is 2.87 bits per heavy atom. The maximum Gasteiger partial charge on any atom is 0.306 e. The molecule has 1 rings (SSSR count). The Bertz CT molecular complexity index is 350. The Hall–Kier alpha value is -0.780. The van der Waals surface area contributed by atoms with Crippen LogP contribution in [-0.2, 0) is 16.0 Å². The third-order valence-corrected chi connectivity index (χ3v) is 2.62. The third kappa shape index (κ3) is 4.07. The van der Waals surface area contributed by atoms with Gasteiger partial charge in [0.15, 0.2) is 0 Å². The van der Waals surface area contributed by atoms with Crippen LogP contribution in [0.15, 0.2) is 18.2 Å². The van der Waals surface area contributed by atoms with Crippen molar-refractivity contribution < 1.29 is 14.6 Å². The second-order valence-electron chi connectivity index (χ2n) is 3.08. The van der Waals surface area contributed by atoms with Crippen molar-refractivity contribution in [2.45, 2.75) is 19.8 Å². The standard InChI is InChI=1S/C11H13IO3/c1-2-15-11(14)6-4-8-3-5-9(12)7-10(8)13/h3,5,7,13H,2,4,6H2,1H3. The molecule has 82 valence electrons. The highest BCUT2D eigenvalue weighted by Crippen LogP contribution is 2.21. The van der Waals surface area contributed by atoms with Gasteiger partial charge in [-0.2, -0.15) is 0 Å². The summed E-state index contributed by atoms with van der Waals surface area (Å²) in [6, 6.07) is 5.41. The number of carbonyl (C=O) groups is 1. The van der Waals surface area contributed by atoms with Gasteiger partial charge < -0.3 is 9.84 Å². The summed E-state index contributed by atoms with van der Waals surface area (Å²) in [7, 11) is 0. The molecular formula is C11H13IO3. The molecule has 0 bridgehead atoms. The largest absolute Gasteiger partial charge is 0.508 e. The molecule has 0 heterocycles. The van der Waals surface area contributed by atoms with Gasteiger partial charge in [-0.15, -0.1) is 0 Å². The van der Waals surface area contributed by atoms with Crippen LogP contribution in [-0.4, -0.2) is 17.7 Å². The van der Waals surface area contributed by atoms with Gasteiger partial charge in [0.25, 0.3) is 0 Å². The summed E-state index contributed by atoms with van der Waals surface area (Å²) in [5, 5.41) is 9.58. The van der Waals surface area contributed by atoms with E-state index >= 15 is 0 Å². The summed E-state index contributed by atoms with van der Waals surface area (Å²) >= 11 is 2.13. The molecule has 0 aliphatic carbocycles. The fourth-order valence-corrected chi connectivity index (χ4v) is 1.69. The highest BCUT2D eigenvalue weighted by atomic mass is 127. The van der Waals surface area contributed by atoms with Crippen LogP contribution in [0.25, 0.3) is 0 Å². The average molecular weight is 320 g/mol. The number of aromatic hydroxyl groups is 1.